The summed E-state index contributed by atoms with van der Waals surface area (Å²) in [7, 11) is 0. The molecule has 7 nitrogen and oxygen atoms in total. The number of nitrogens with zero attached hydrogens (tertiary/aromatic N) is 3. The Morgan fingerprint density at radius 2 is 1.67 bits per heavy atom. The van der Waals surface area contributed by atoms with Gasteiger partial charge in [-0.25, -0.2) is 0 Å². The quantitative estimate of drug-likeness (QED) is 0.425. The molecule has 43 heavy (non-hydrogen) atoms. The van der Waals surface area contributed by atoms with Crippen LogP contribution in [0, 0.1) is 23.2 Å². The number of rotatable bonds is 8. The third-order valence-electron chi connectivity index (χ3n) is 9.44. The average molecular weight is 608 g/mol. The van der Waals surface area contributed by atoms with Gasteiger partial charge in [0.05, 0.1) is 29.2 Å². The minimum absolute atomic E-state index is 0.00872. The van der Waals surface area contributed by atoms with Crippen LogP contribution in [0.15, 0.2) is 54.6 Å². The summed E-state index contributed by atoms with van der Waals surface area (Å²) in [5.74, 6) is -1.36. The first-order valence-corrected chi connectivity index (χ1v) is 16.7. The summed E-state index contributed by atoms with van der Waals surface area (Å²) in [4.78, 5) is 49.5. The van der Waals surface area contributed by atoms with Crippen LogP contribution < -0.4 is 0 Å². The van der Waals surface area contributed by atoms with Gasteiger partial charge < -0.3 is 19.8 Å². The van der Waals surface area contributed by atoms with Crippen LogP contribution in [0.5, 0.6) is 0 Å². The second kappa shape index (κ2) is 11.7. The lowest BCUT2D eigenvalue weighted by atomic mass is 9.77. The van der Waals surface area contributed by atoms with Gasteiger partial charge in [-0.3, -0.25) is 14.4 Å². The highest BCUT2D eigenvalue weighted by Crippen LogP contribution is 2.61. The topological polar surface area (TPSA) is 81.2 Å². The number of benzene rings is 1. The SMILES string of the molecule is CC(C)C[C@H](CO)N1C(=O)[C@@H]2[C@H]3C(=O)N(Cc4ccccc4)CC=C[C@H]3S[C@@]23C=CCN(C(C)(C)CC(C)(C)C)C(=O)C13. The standard InChI is InChI=1S/C35H49N3O4S/c1-23(2)19-25(21-39)38-29-32(42)37(34(6,7)22-33(3,4)5)18-12-16-35(29)28(31(38)41)27-26(43-35)15-11-17-36(30(27)40)20-24-13-9-8-10-14-24/h8-16,23,25-29,39H,17-22H2,1-7H3/t25-,26-,27+,28+,29?,35+/m1/s1. The molecule has 0 saturated carbocycles. The van der Waals surface area contributed by atoms with E-state index >= 15 is 0 Å². The lowest BCUT2D eigenvalue weighted by Gasteiger charge is -2.45. The summed E-state index contributed by atoms with van der Waals surface area (Å²) in [6.07, 6.45) is 9.64. The maximum atomic E-state index is 14.9. The second-order valence-electron chi connectivity index (χ2n) is 15.1. The van der Waals surface area contributed by atoms with Gasteiger partial charge in [0, 0.05) is 30.4 Å². The van der Waals surface area contributed by atoms with Crippen LogP contribution in [0.4, 0.5) is 0 Å². The van der Waals surface area contributed by atoms with Gasteiger partial charge in [-0.05, 0) is 43.6 Å². The Labute approximate surface area is 261 Å². The zero-order valence-corrected chi connectivity index (χ0v) is 27.6. The molecule has 1 N–H and O–H groups in total. The van der Waals surface area contributed by atoms with Crippen molar-refractivity contribution in [3.63, 3.8) is 0 Å². The van der Waals surface area contributed by atoms with Crippen LogP contribution in [0.3, 0.4) is 0 Å². The zero-order chi connectivity index (χ0) is 31.3. The zero-order valence-electron chi connectivity index (χ0n) is 26.8. The molecule has 4 heterocycles. The molecule has 0 aromatic heterocycles. The van der Waals surface area contributed by atoms with Crippen LogP contribution in [0.25, 0.3) is 0 Å². The summed E-state index contributed by atoms with van der Waals surface area (Å²) in [6, 6.07) is 8.64. The molecule has 4 aliphatic rings. The Morgan fingerprint density at radius 1 is 0.977 bits per heavy atom. The monoisotopic (exact) mass is 607 g/mol. The lowest BCUT2D eigenvalue weighted by molar-refractivity contribution is -0.149. The Balaban J connectivity index is 1.59. The van der Waals surface area contributed by atoms with Crippen molar-refractivity contribution in [2.24, 2.45) is 23.2 Å². The predicted molar refractivity (Wildman–Crippen MR) is 172 cm³/mol. The molecule has 3 amide bonds. The Bertz CT molecular complexity index is 1290. The molecule has 4 aliphatic heterocycles. The van der Waals surface area contributed by atoms with Crippen molar-refractivity contribution in [3.8, 4) is 0 Å². The maximum Gasteiger partial charge on any atom is 0.247 e. The second-order valence-corrected chi connectivity index (χ2v) is 16.6. The summed E-state index contributed by atoms with van der Waals surface area (Å²) < 4.78 is -0.893. The van der Waals surface area contributed by atoms with Crippen LogP contribution in [0.1, 0.15) is 66.9 Å². The first kappa shape index (κ1) is 31.8. The van der Waals surface area contributed by atoms with E-state index in [1.54, 1.807) is 16.7 Å². The molecule has 2 fully saturated rings. The molecule has 0 aliphatic carbocycles. The molecule has 0 radical (unpaired) electrons. The van der Waals surface area contributed by atoms with Gasteiger partial charge in [0.2, 0.25) is 17.7 Å². The molecular weight excluding hydrogens is 558 g/mol. The molecule has 2 saturated heterocycles. The third-order valence-corrected chi connectivity index (χ3v) is 11.2. The Hall–Kier alpha value is -2.58. The molecule has 1 unspecified atom stereocenters. The van der Waals surface area contributed by atoms with Gasteiger partial charge in [-0.2, -0.15) is 0 Å². The fourth-order valence-electron chi connectivity index (χ4n) is 8.23. The van der Waals surface area contributed by atoms with E-state index in [9.17, 15) is 19.5 Å². The molecule has 6 atom stereocenters. The smallest absolute Gasteiger partial charge is 0.247 e. The molecule has 8 heteroatoms. The van der Waals surface area contributed by atoms with Gasteiger partial charge in [-0.15, -0.1) is 11.8 Å². The largest absolute Gasteiger partial charge is 0.394 e. The number of fused-ring (bicyclic) bond motifs is 2. The summed E-state index contributed by atoms with van der Waals surface area (Å²) >= 11 is 1.61. The van der Waals surface area contributed by atoms with E-state index < -0.39 is 34.2 Å². The van der Waals surface area contributed by atoms with E-state index in [1.165, 1.54) is 0 Å². The molecule has 1 aromatic carbocycles. The van der Waals surface area contributed by atoms with Crippen molar-refractivity contribution in [1.82, 2.24) is 14.7 Å². The molecule has 1 spiro atoms. The fraction of sp³-hybridized carbons (Fsp3) is 0.629. The van der Waals surface area contributed by atoms with Crippen LogP contribution in [-0.4, -0.2) is 84.8 Å². The van der Waals surface area contributed by atoms with Crippen molar-refractivity contribution in [3.05, 3.63) is 60.2 Å². The molecular formula is C35H49N3O4S. The average Bonchev–Trinajstić information content (AvgIpc) is 3.23. The third kappa shape index (κ3) is 5.82. The van der Waals surface area contributed by atoms with Crippen LogP contribution in [0.2, 0.25) is 0 Å². The highest BCUT2D eigenvalue weighted by atomic mass is 32.2. The van der Waals surface area contributed by atoms with Crippen LogP contribution >= 0.6 is 11.8 Å². The summed E-state index contributed by atoms with van der Waals surface area (Å²) in [6.45, 7) is 16.1. The minimum Gasteiger partial charge on any atom is -0.394 e. The van der Waals surface area contributed by atoms with Gasteiger partial charge in [0.15, 0.2) is 0 Å². The number of hydrogen-bond donors (Lipinski definition) is 1. The predicted octanol–water partition coefficient (Wildman–Crippen LogP) is 4.90. The first-order valence-electron chi connectivity index (χ1n) is 15.8. The van der Waals surface area contributed by atoms with E-state index in [0.29, 0.717) is 26.1 Å². The van der Waals surface area contributed by atoms with Gasteiger partial charge in [-0.1, -0.05) is 89.3 Å². The molecule has 234 valence electrons. The van der Waals surface area contributed by atoms with Gasteiger partial charge in [0.25, 0.3) is 0 Å². The van der Waals surface area contributed by atoms with E-state index in [0.717, 1.165) is 12.0 Å². The maximum absolute atomic E-state index is 14.9. The van der Waals surface area contributed by atoms with Crippen LogP contribution in [-0.2, 0) is 20.9 Å². The number of likely N-dealkylation sites (tertiary alicyclic amines) is 1. The fourth-order valence-corrected chi connectivity index (χ4v) is 10.2. The first-order chi connectivity index (χ1) is 20.2. The highest BCUT2D eigenvalue weighted by molar-refractivity contribution is 8.02. The molecule has 0 bridgehead atoms. The lowest BCUT2D eigenvalue weighted by Crippen LogP contribution is -2.60. The van der Waals surface area contributed by atoms with Crippen molar-refractivity contribution >= 4 is 29.5 Å². The van der Waals surface area contributed by atoms with Gasteiger partial charge >= 0.3 is 0 Å². The minimum atomic E-state index is -0.893. The van der Waals surface area contributed by atoms with Gasteiger partial charge in [0.1, 0.15) is 6.04 Å². The van der Waals surface area contributed by atoms with Crippen molar-refractivity contribution in [2.45, 2.75) is 95.5 Å². The highest BCUT2D eigenvalue weighted by Gasteiger charge is 2.72. The van der Waals surface area contributed by atoms with E-state index in [4.69, 9.17) is 0 Å². The number of aliphatic hydroxyl groups is 1. The molecule has 1 aromatic rings. The number of aliphatic hydroxyl groups excluding tert-OH is 1. The summed E-state index contributed by atoms with van der Waals surface area (Å²) in [5.41, 5.74) is 0.574. The number of amides is 3. The van der Waals surface area contributed by atoms with Crippen molar-refractivity contribution in [1.29, 1.82) is 0 Å². The number of carbonyl (C=O) groups excluding carboxylic acids is 3. The van der Waals surface area contributed by atoms with Crippen molar-refractivity contribution in [2.75, 3.05) is 19.7 Å². The Morgan fingerprint density at radius 3 is 2.30 bits per heavy atom. The number of hydrogen-bond acceptors (Lipinski definition) is 5. The summed E-state index contributed by atoms with van der Waals surface area (Å²) in [5, 5.41) is 10.4. The normalized spacial score (nSPS) is 30.0. The number of carbonyl (C=O) groups is 3. The number of thioether (sulfide) groups is 1. The van der Waals surface area contributed by atoms with E-state index in [-0.39, 0.29) is 40.9 Å². The molecule has 5 rings (SSSR count). The van der Waals surface area contributed by atoms with Crippen molar-refractivity contribution < 1.29 is 19.5 Å². The van der Waals surface area contributed by atoms with E-state index in [2.05, 4.69) is 66.7 Å². The van der Waals surface area contributed by atoms with E-state index in [1.807, 2.05) is 46.2 Å². The Kier molecular flexibility index (Phi) is 8.69.